The highest BCUT2D eigenvalue weighted by atomic mass is 35.5. The molecular weight excluding hydrogens is 548 g/mol. The summed E-state index contributed by atoms with van der Waals surface area (Å²) in [5.74, 6) is -0.185. The summed E-state index contributed by atoms with van der Waals surface area (Å²) in [7, 11) is 1.31. The lowest BCUT2D eigenvalue weighted by Crippen LogP contribution is -2.56. The summed E-state index contributed by atoms with van der Waals surface area (Å²) >= 11 is 1.71. The van der Waals surface area contributed by atoms with Gasteiger partial charge in [-0.3, -0.25) is 9.69 Å². The first-order chi connectivity index (χ1) is 19.1. The van der Waals surface area contributed by atoms with E-state index in [0.29, 0.717) is 25.3 Å². The Bertz CT molecular complexity index is 1450. The molecule has 0 radical (unpaired) electrons. The van der Waals surface area contributed by atoms with Crippen LogP contribution >= 0.6 is 23.7 Å². The van der Waals surface area contributed by atoms with Gasteiger partial charge in [0.25, 0.3) is 0 Å². The molecule has 2 saturated heterocycles. The molecule has 0 N–H and O–H groups in total. The van der Waals surface area contributed by atoms with E-state index in [-0.39, 0.29) is 30.6 Å². The number of oxazole rings is 1. The van der Waals surface area contributed by atoms with Crippen molar-refractivity contribution in [3.05, 3.63) is 94.8 Å². The monoisotopic (exact) mass is 578 g/mol. The number of esters is 1. The molecule has 2 fully saturated rings. The lowest BCUT2D eigenvalue weighted by atomic mass is 9.85. The number of likely N-dealkylation sites (tertiary alicyclic amines) is 1. The fourth-order valence-corrected chi connectivity index (χ4v) is 6.48. The number of hydrogen-bond acceptors (Lipinski definition) is 8. The van der Waals surface area contributed by atoms with Crippen LogP contribution < -0.4 is 4.90 Å². The summed E-state index contributed by atoms with van der Waals surface area (Å²) in [6.45, 7) is 3.01. The zero-order chi connectivity index (χ0) is 26.8. The quantitative estimate of drug-likeness (QED) is 0.270. The number of rotatable bonds is 7. The Labute approximate surface area is 243 Å². The predicted octanol–water partition coefficient (Wildman–Crippen LogP) is 5.45. The number of para-hydroxylation sites is 1. The maximum absolute atomic E-state index is 14.1. The normalized spacial score (nSPS) is 16.8. The Kier molecular flexibility index (Phi) is 8.25. The average molecular weight is 579 g/mol. The first-order valence-corrected chi connectivity index (χ1v) is 14.0. The van der Waals surface area contributed by atoms with E-state index in [1.54, 1.807) is 16.2 Å². The number of thiophene rings is 1. The van der Waals surface area contributed by atoms with Crippen LogP contribution in [0.4, 0.5) is 5.69 Å². The van der Waals surface area contributed by atoms with Gasteiger partial charge in [-0.05, 0) is 58.5 Å². The molecule has 0 atom stereocenters. The number of benzene rings is 2. The first-order valence-electron chi connectivity index (χ1n) is 13.0. The van der Waals surface area contributed by atoms with Crippen molar-refractivity contribution in [2.45, 2.75) is 31.5 Å². The van der Waals surface area contributed by atoms with Gasteiger partial charge in [0.05, 0.1) is 20.3 Å². The van der Waals surface area contributed by atoms with Crippen LogP contribution in [0.25, 0.3) is 11.1 Å². The average Bonchev–Trinajstić information content (AvgIpc) is 3.73. The van der Waals surface area contributed by atoms with Crippen LogP contribution in [0.15, 0.2) is 82.2 Å². The minimum absolute atomic E-state index is 0. The molecule has 2 aliphatic rings. The van der Waals surface area contributed by atoms with Gasteiger partial charge in [-0.1, -0.05) is 42.5 Å². The van der Waals surface area contributed by atoms with E-state index < -0.39 is 11.5 Å². The van der Waals surface area contributed by atoms with Crippen LogP contribution in [0.2, 0.25) is 0 Å². The molecule has 208 valence electrons. The third kappa shape index (κ3) is 5.12. The second kappa shape index (κ2) is 11.8. The fraction of sp³-hybridized carbons (Fsp3) is 0.300. The molecule has 1 spiro atoms. The van der Waals surface area contributed by atoms with Gasteiger partial charge in [0.1, 0.15) is 5.54 Å². The standard InChI is InChI=1S/C30H30N4O4S.ClH/c1-37-28(35)27-26(38-20-31-27)18-33-21-34(24-8-3-2-4-9-24)30(29(33)36)12-14-32(15-13-30)17-22-7-5-6-10-25(22)23-11-16-39-19-23;/h2-11,16,19-20H,12-15,17-18,21H2,1H3;1H. The summed E-state index contributed by atoms with van der Waals surface area (Å²) in [5.41, 5.74) is 4.27. The number of hydrogen-bond donors (Lipinski definition) is 0. The SMILES string of the molecule is COC(=O)c1ncoc1CN1CN(c2ccccc2)C2(CCN(Cc3ccccc3-c3ccsc3)CC2)C1=O.Cl. The van der Waals surface area contributed by atoms with E-state index in [1.807, 2.05) is 18.2 Å². The van der Waals surface area contributed by atoms with Crippen LogP contribution in [0.5, 0.6) is 0 Å². The summed E-state index contributed by atoms with van der Waals surface area (Å²) in [5, 5.41) is 4.30. The highest BCUT2D eigenvalue weighted by Crippen LogP contribution is 2.40. The van der Waals surface area contributed by atoms with Crippen LogP contribution in [0.1, 0.15) is 34.7 Å². The third-order valence-corrected chi connectivity index (χ3v) is 8.55. The van der Waals surface area contributed by atoms with E-state index >= 15 is 0 Å². The predicted molar refractivity (Wildman–Crippen MR) is 156 cm³/mol. The number of piperidine rings is 1. The van der Waals surface area contributed by atoms with Crippen molar-refractivity contribution >= 4 is 41.3 Å². The van der Waals surface area contributed by atoms with Crippen molar-refractivity contribution in [1.82, 2.24) is 14.8 Å². The van der Waals surface area contributed by atoms with Gasteiger partial charge in [0.15, 0.2) is 17.8 Å². The van der Waals surface area contributed by atoms with Crippen molar-refractivity contribution in [2.75, 3.05) is 31.8 Å². The Morgan fingerprint density at radius 1 is 1.05 bits per heavy atom. The van der Waals surface area contributed by atoms with E-state index in [4.69, 9.17) is 9.15 Å². The molecule has 2 aromatic heterocycles. The lowest BCUT2D eigenvalue weighted by Gasteiger charge is -2.43. The van der Waals surface area contributed by atoms with Gasteiger partial charge >= 0.3 is 5.97 Å². The van der Waals surface area contributed by atoms with Crippen molar-refractivity contribution in [2.24, 2.45) is 0 Å². The number of aromatic nitrogens is 1. The molecule has 0 unspecified atom stereocenters. The molecule has 40 heavy (non-hydrogen) atoms. The van der Waals surface area contributed by atoms with Crippen LogP contribution in [0, 0.1) is 0 Å². The molecule has 0 bridgehead atoms. The van der Waals surface area contributed by atoms with Gasteiger partial charge < -0.3 is 19.0 Å². The number of carbonyl (C=O) groups is 2. The number of amides is 1. The zero-order valence-corrected chi connectivity index (χ0v) is 23.8. The second-order valence-electron chi connectivity index (χ2n) is 10.0. The molecule has 1 amide bonds. The first kappa shape index (κ1) is 27.9. The van der Waals surface area contributed by atoms with Gasteiger partial charge in [0, 0.05) is 25.3 Å². The van der Waals surface area contributed by atoms with Gasteiger partial charge in [-0.15, -0.1) is 12.4 Å². The Balaban J connectivity index is 0.00000323. The van der Waals surface area contributed by atoms with Gasteiger partial charge in [-0.25, -0.2) is 9.78 Å². The Morgan fingerprint density at radius 2 is 1.80 bits per heavy atom. The Morgan fingerprint density at radius 3 is 2.52 bits per heavy atom. The van der Waals surface area contributed by atoms with Gasteiger partial charge in [-0.2, -0.15) is 11.3 Å². The third-order valence-electron chi connectivity index (χ3n) is 7.86. The van der Waals surface area contributed by atoms with Crippen LogP contribution in [-0.4, -0.2) is 59.1 Å². The molecular formula is C30H31ClN4O4S. The number of ether oxygens (including phenoxy) is 1. The van der Waals surface area contributed by atoms with Crippen molar-refractivity contribution < 1.29 is 18.7 Å². The molecule has 10 heteroatoms. The zero-order valence-electron chi connectivity index (χ0n) is 22.2. The van der Waals surface area contributed by atoms with Crippen LogP contribution in [-0.2, 0) is 22.6 Å². The largest absolute Gasteiger partial charge is 0.464 e. The number of carbonyl (C=O) groups excluding carboxylic acids is 2. The van der Waals surface area contributed by atoms with Crippen molar-refractivity contribution in [3.63, 3.8) is 0 Å². The van der Waals surface area contributed by atoms with E-state index in [0.717, 1.165) is 25.3 Å². The number of halogens is 1. The maximum Gasteiger partial charge on any atom is 0.360 e. The molecule has 2 aromatic carbocycles. The number of methoxy groups -OCH3 is 1. The summed E-state index contributed by atoms with van der Waals surface area (Å²) in [6, 6.07) is 20.8. The van der Waals surface area contributed by atoms with Gasteiger partial charge in [0.2, 0.25) is 5.91 Å². The fourth-order valence-electron chi connectivity index (χ4n) is 5.82. The Hall–Kier alpha value is -3.66. The highest BCUT2D eigenvalue weighted by Gasteiger charge is 2.54. The van der Waals surface area contributed by atoms with E-state index in [1.165, 1.54) is 30.2 Å². The van der Waals surface area contributed by atoms with Crippen molar-refractivity contribution in [1.29, 1.82) is 0 Å². The minimum Gasteiger partial charge on any atom is -0.464 e. The topological polar surface area (TPSA) is 79.1 Å². The molecule has 4 aromatic rings. The lowest BCUT2D eigenvalue weighted by molar-refractivity contribution is -0.134. The number of nitrogens with zero attached hydrogens (tertiary/aromatic N) is 4. The second-order valence-corrected chi connectivity index (χ2v) is 10.8. The molecule has 4 heterocycles. The molecule has 8 nitrogen and oxygen atoms in total. The summed E-state index contributed by atoms with van der Waals surface area (Å²) in [6.07, 6.45) is 2.63. The number of anilines is 1. The summed E-state index contributed by atoms with van der Waals surface area (Å²) in [4.78, 5) is 36.7. The van der Waals surface area contributed by atoms with E-state index in [9.17, 15) is 9.59 Å². The molecule has 0 saturated carbocycles. The molecule has 6 rings (SSSR count). The maximum atomic E-state index is 14.1. The van der Waals surface area contributed by atoms with Crippen LogP contribution in [0.3, 0.4) is 0 Å². The molecule has 2 aliphatic heterocycles. The highest BCUT2D eigenvalue weighted by molar-refractivity contribution is 7.08. The smallest absolute Gasteiger partial charge is 0.360 e. The molecule has 0 aliphatic carbocycles. The minimum atomic E-state index is -0.657. The summed E-state index contributed by atoms with van der Waals surface area (Å²) < 4.78 is 10.3. The van der Waals surface area contributed by atoms with Crippen molar-refractivity contribution in [3.8, 4) is 11.1 Å². The van der Waals surface area contributed by atoms with E-state index in [2.05, 4.69) is 68.0 Å².